The SMILES string of the molecule is COc1ccc([C@@H](C#N)NC(=O)c2ccc[nH]2)c(OC)c1. The molecule has 1 aromatic carbocycles. The fourth-order valence-corrected chi connectivity index (χ4v) is 1.92. The Bertz CT molecular complexity index is 659. The molecule has 6 heteroatoms. The van der Waals surface area contributed by atoms with Crippen molar-refractivity contribution in [1.82, 2.24) is 10.3 Å². The van der Waals surface area contributed by atoms with Crippen LogP contribution in [0.1, 0.15) is 22.1 Å². The standard InChI is InChI=1S/C15H15N3O3/c1-20-10-5-6-11(14(8-10)21-2)13(9-16)18-15(19)12-4-3-7-17-12/h3-8,13,17H,1-2H3,(H,18,19)/t13-/m1/s1. The number of methoxy groups -OCH3 is 2. The third kappa shape index (κ3) is 3.15. The number of amides is 1. The Hall–Kier alpha value is -2.94. The summed E-state index contributed by atoms with van der Waals surface area (Å²) in [6.07, 6.45) is 1.64. The molecule has 1 heterocycles. The Labute approximate surface area is 122 Å². The van der Waals surface area contributed by atoms with Crippen LogP contribution in [0.5, 0.6) is 11.5 Å². The van der Waals surface area contributed by atoms with Gasteiger partial charge in [-0.15, -0.1) is 0 Å². The van der Waals surface area contributed by atoms with E-state index in [1.54, 1.807) is 43.6 Å². The number of hydrogen-bond acceptors (Lipinski definition) is 4. The molecule has 0 saturated carbocycles. The van der Waals surface area contributed by atoms with E-state index in [1.807, 2.05) is 0 Å². The molecular weight excluding hydrogens is 270 g/mol. The summed E-state index contributed by atoms with van der Waals surface area (Å²) in [6, 6.07) is 9.66. The highest BCUT2D eigenvalue weighted by Gasteiger charge is 2.19. The van der Waals surface area contributed by atoms with Crippen LogP contribution in [0.2, 0.25) is 0 Å². The van der Waals surface area contributed by atoms with Gasteiger partial charge < -0.3 is 19.8 Å². The van der Waals surface area contributed by atoms with Crippen molar-refractivity contribution < 1.29 is 14.3 Å². The van der Waals surface area contributed by atoms with Crippen LogP contribution < -0.4 is 14.8 Å². The maximum Gasteiger partial charge on any atom is 0.268 e. The van der Waals surface area contributed by atoms with Gasteiger partial charge in [0.15, 0.2) is 0 Å². The van der Waals surface area contributed by atoms with Crippen molar-refractivity contribution in [3.63, 3.8) is 0 Å². The molecule has 2 N–H and O–H groups in total. The first-order valence-electron chi connectivity index (χ1n) is 6.25. The van der Waals surface area contributed by atoms with Gasteiger partial charge in [-0.1, -0.05) is 0 Å². The molecule has 2 aromatic rings. The minimum Gasteiger partial charge on any atom is -0.497 e. The van der Waals surface area contributed by atoms with Crippen LogP contribution in [0, 0.1) is 11.3 Å². The second-order valence-electron chi connectivity index (χ2n) is 4.23. The van der Waals surface area contributed by atoms with Gasteiger partial charge in [-0.25, -0.2) is 0 Å². The van der Waals surface area contributed by atoms with Crippen LogP contribution in [0.4, 0.5) is 0 Å². The monoisotopic (exact) mass is 285 g/mol. The number of carbonyl (C=O) groups is 1. The predicted molar refractivity (Wildman–Crippen MR) is 76.2 cm³/mol. The number of benzene rings is 1. The topological polar surface area (TPSA) is 87.1 Å². The van der Waals surface area contributed by atoms with Crippen LogP contribution in [-0.4, -0.2) is 25.1 Å². The van der Waals surface area contributed by atoms with E-state index in [0.29, 0.717) is 22.8 Å². The highest BCUT2D eigenvalue weighted by atomic mass is 16.5. The second kappa shape index (κ2) is 6.48. The molecule has 1 aromatic heterocycles. The molecule has 1 atom stereocenters. The van der Waals surface area contributed by atoms with Crippen molar-refractivity contribution in [2.24, 2.45) is 0 Å². The van der Waals surface area contributed by atoms with Gasteiger partial charge in [0, 0.05) is 17.8 Å². The molecule has 0 unspecified atom stereocenters. The highest BCUT2D eigenvalue weighted by molar-refractivity contribution is 5.92. The van der Waals surface area contributed by atoms with Crippen molar-refractivity contribution in [3.8, 4) is 17.6 Å². The molecule has 1 amide bonds. The zero-order valence-corrected chi connectivity index (χ0v) is 11.7. The zero-order valence-electron chi connectivity index (χ0n) is 11.7. The highest BCUT2D eigenvalue weighted by Crippen LogP contribution is 2.29. The number of nitrogens with one attached hydrogen (secondary N) is 2. The van der Waals surface area contributed by atoms with Crippen LogP contribution >= 0.6 is 0 Å². The predicted octanol–water partition coefficient (Wildman–Crippen LogP) is 2.03. The van der Waals surface area contributed by atoms with Crippen LogP contribution in [0.15, 0.2) is 36.5 Å². The molecule has 0 spiro atoms. The number of ether oxygens (including phenoxy) is 2. The van der Waals surface area contributed by atoms with Crippen LogP contribution in [-0.2, 0) is 0 Å². The maximum absolute atomic E-state index is 12.0. The fourth-order valence-electron chi connectivity index (χ4n) is 1.92. The molecule has 6 nitrogen and oxygen atoms in total. The molecule has 21 heavy (non-hydrogen) atoms. The van der Waals surface area contributed by atoms with Gasteiger partial charge >= 0.3 is 0 Å². The number of nitrogens with zero attached hydrogens (tertiary/aromatic N) is 1. The van der Waals surface area contributed by atoms with Crippen molar-refractivity contribution in [2.45, 2.75) is 6.04 Å². The molecule has 0 bridgehead atoms. The first kappa shape index (κ1) is 14.5. The summed E-state index contributed by atoms with van der Waals surface area (Å²) in [5.41, 5.74) is 0.962. The minimum absolute atomic E-state index is 0.357. The summed E-state index contributed by atoms with van der Waals surface area (Å²) in [4.78, 5) is 14.8. The van der Waals surface area contributed by atoms with Crippen LogP contribution in [0.3, 0.4) is 0 Å². The Morgan fingerprint density at radius 3 is 2.71 bits per heavy atom. The average Bonchev–Trinajstić information content (AvgIpc) is 3.06. The lowest BCUT2D eigenvalue weighted by molar-refractivity contribution is 0.0940. The number of carbonyl (C=O) groups excluding carboxylic acids is 1. The van der Waals surface area contributed by atoms with E-state index in [1.165, 1.54) is 7.11 Å². The van der Waals surface area contributed by atoms with Crippen molar-refractivity contribution in [1.29, 1.82) is 5.26 Å². The maximum atomic E-state index is 12.0. The first-order chi connectivity index (χ1) is 10.2. The molecule has 2 rings (SSSR count). The Balaban J connectivity index is 2.25. The smallest absolute Gasteiger partial charge is 0.268 e. The summed E-state index contributed by atoms with van der Waals surface area (Å²) in [6.45, 7) is 0. The van der Waals surface area contributed by atoms with E-state index in [0.717, 1.165) is 0 Å². The lowest BCUT2D eigenvalue weighted by Gasteiger charge is -2.15. The van der Waals surface area contributed by atoms with Gasteiger partial charge in [0.1, 0.15) is 23.2 Å². The number of aromatic amines is 1. The third-order valence-corrected chi connectivity index (χ3v) is 3.00. The number of nitriles is 1. The molecule has 0 saturated heterocycles. The molecular formula is C15H15N3O3. The summed E-state index contributed by atoms with van der Waals surface area (Å²) in [7, 11) is 3.04. The molecule has 0 aliphatic carbocycles. The van der Waals surface area contributed by atoms with Crippen molar-refractivity contribution >= 4 is 5.91 Å². The molecule has 0 fully saturated rings. The quantitative estimate of drug-likeness (QED) is 0.880. The molecule has 108 valence electrons. The van der Waals surface area contributed by atoms with Gasteiger partial charge in [-0.2, -0.15) is 5.26 Å². The summed E-state index contributed by atoms with van der Waals surface area (Å²) < 4.78 is 10.4. The Morgan fingerprint density at radius 1 is 1.33 bits per heavy atom. The molecule has 0 aliphatic heterocycles. The van der Waals surface area contributed by atoms with E-state index in [-0.39, 0.29) is 5.91 Å². The molecule has 0 aliphatic rings. The normalized spacial score (nSPS) is 11.3. The summed E-state index contributed by atoms with van der Waals surface area (Å²) in [5.74, 6) is 0.736. The number of hydrogen-bond donors (Lipinski definition) is 2. The Kier molecular flexibility index (Phi) is 4.46. The lowest BCUT2D eigenvalue weighted by atomic mass is 10.1. The van der Waals surface area contributed by atoms with Gasteiger partial charge in [0.25, 0.3) is 5.91 Å². The average molecular weight is 285 g/mol. The fraction of sp³-hybridized carbons (Fsp3) is 0.200. The van der Waals surface area contributed by atoms with E-state index in [9.17, 15) is 10.1 Å². The van der Waals surface area contributed by atoms with Gasteiger partial charge in [0.05, 0.1) is 20.3 Å². The third-order valence-electron chi connectivity index (χ3n) is 3.00. The summed E-state index contributed by atoms with van der Waals surface area (Å²) in [5, 5.41) is 12.0. The van der Waals surface area contributed by atoms with Gasteiger partial charge in [0.2, 0.25) is 0 Å². The van der Waals surface area contributed by atoms with Crippen molar-refractivity contribution in [2.75, 3.05) is 14.2 Å². The lowest BCUT2D eigenvalue weighted by Crippen LogP contribution is -2.28. The molecule has 0 radical (unpaired) electrons. The number of rotatable bonds is 5. The summed E-state index contributed by atoms with van der Waals surface area (Å²) >= 11 is 0. The second-order valence-corrected chi connectivity index (χ2v) is 4.23. The first-order valence-corrected chi connectivity index (χ1v) is 6.25. The van der Waals surface area contributed by atoms with Gasteiger partial charge in [-0.3, -0.25) is 4.79 Å². The Morgan fingerprint density at radius 2 is 2.14 bits per heavy atom. The number of aromatic nitrogens is 1. The van der Waals surface area contributed by atoms with E-state index in [4.69, 9.17) is 9.47 Å². The van der Waals surface area contributed by atoms with Crippen LogP contribution in [0.25, 0.3) is 0 Å². The van der Waals surface area contributed by atoms with E-state index in [2.05, 4.69) is 16.4 Å². The minimum atomic E-state index is -0.818. The van der Waals surface area contributed by atoms with Gasteiger partial charge in [-0.05, 0) is 24.3 Å². The largest absolute Gasteiger partial charge is 0.497 e. The number of H-pyrrole nitrogens is 1. The van der Waals surface area contributed by atoms with E-state index < -0.39 is 6.04 Å². The zero-order chi connectivity index (χ0) is 15.2. The van der Waals surface area contributed by atoms with E-state index >= 15 is 0 Å². The van der Waals surface area contributed by atoms with Crippen molar-refractivity contribution in [3.05, 3.63) is 47.8 Å².